The first-order chi connectivity index (χ1) is 34.3. The number of phosphoric acid groups is 1. The van der Waals surface area contributed by atoms with Gasteiger partial charge in [0, 0.05) is 19.4 Å². The van der Waals surface area contributed by atoms with E-state index in [-0.39, 0.29) is 38.6 Å². The van der Waals surface area contributed by atoms with Crippen LogP contribution in [0.15, 0.2) is 36.5 Å². The largest absolute Gasteiger partial charge is 0.472 e. The average Bonchev–Trinajstić information content (AvgIpc) is 3.35. The van der Waals surface area contributed by atoms with Crippen molar-refractivity contribution in [1.82, 2.24) is 0 Å². The Morgan fingerprint density at radius 3 is 1.10 bits per heavy atom. The van der Waals surface area contributed by atoms with Gasteiger partial charge >= 0.3 is 19.8 Å². The Morgan fingerprint density at radius 2 is 0.743 bits per heavy atom. The minimum Gasteiger partial charge on any atom is -0.462 e. The molecule has 10 heteroatoms. The molecule has 0 fully saturated rings. The summed E-state index contributed by atoms with van der Waals surface area (Å²) in [6.45, 7) is 3.79. The van der Waals surface area contributed by atoms with Crippen molar-refractivity contribution in [3.05, 3.63) is 36.5 Å². The molecule has 412 valence electrons. The van der Waals surface area contributed by atoms with Crippen LogP contribution in [-0.2, 0) is 32.7 Å². The highest BCUT2D eigenvalue weighted by molar-refractivity contribution is 7.47. The number of allylic oxidation sites excluding steroid dienone is 6. The van der Waals surface area contributed by atoms with E-state index >= 15 is 0 Å². The van der Waals surface area contributed by atoms with Crippen molar-refractivity contribution in [3.63, 3.8) is 0 Å². The fourth-order valence-corrected chi connectivity index (χ4v) is 9.59. The van der Waals surface area contributed by atoms with Crippen molar-refractivity contribution in [2.24, 2.45) is 5.73 Å². The predicted molar refractivity (Wildman–Crippen MR) is 298 cm³/mol. The number of esters is 2. The molecule has 2 atom stereocenters. The van der Waals surface area contributed by atoms with Crippen LogP contribution in [0.5, 0.6) is 0 Å². The normalized spacial score (nSPS) is 13.3. The van der Waals surface area contributed by atoms with E-state index < -0.39 is 26.5 Å². The van der Waals surface area contributed by atoms with E-state index in [2.05, 4.69) is 50.3 Å². The van der Waals surface area contributed by atoms with Crippen LogP contribution < -0.4 is 5.73 Å². The molecule has 0 aromatic rings. The number of hydrogen-bond donors (Lipinski definition) is 2. The topological polar surface area (TPSA) is 134 Å². The van der Waals surface area contributed by atoms with E-state index in [0.29, 0.717) is 6.42 Å². The number of carbonyl (C=O) groups excluding carboxylic acids is 2. The summed E-state index contributed by atoms with van der Waals surface area (Å²) in [5, 5.41) is 0. The average molecular weight is 1010 g/mol. The van der Waals surface area contributed by atoms with Gasteiger partial charge in [-0.3, -0.25) is 18.6 Å². The van der Waals surface area contributed by atoms with Crippen LogP contribution in [0.2, 0.25) is 0 Å². The van der Waals surface area contributed by atoms with Crippen molar-refractivity contribution in [2.45, 2.75) is 309 Å². The molecule has 0 saturated heterocycles. The SMILES string of the molecule is CCCCCCC/C=C\C/C=C\C/C=C\CCCCCCCCCCCCCCCCC(=O)OC(COC(=O)CCCCCCCCCCCCCCCCCCCCCC)COP(=O)(O)OCCN. The number of hydrogen-bond acceptors (Lipinski definition) is 8. The molecule has 0 saturated carbocycles. The maximum atomic E-state index is 12.7. The van der Waals surface area contributed by atoms with Gasteiger partial charge in [0.25, 0.3) is 0 Å². The highest BCUT2D eigenvalue weighted by Gasteiger charge is 2.26. The lowest BCUT2D eigenvalue weighted by Crippen LogP contribution is -2.29. The maximum Gasteiger partial charge on any atom is 0.472 e. The van der Waals surface area contributed by atoms with Crippen LogP contribution in [0.1, 0.15) is 303 Å². The summed E-state index contributed by atoms with van der Waals surface area (Å²) in [4.78, 5) is 35.2. The zero-order valence-corrected chi connectivity index (χ0v) is 46.9. The van der Waals surface area contributed by atoms with Gasteiger partial charge in [0.1, 0.15) is 6.61 Å². The highest BCUT2D eigenvalue weighted by atomic mass is 31.2. The third-order valence-corrected chi connectivity index (χ3v) is 14.3. The minimum absolute atomic E-state index is 0.0551. The quantitative estimate of drug-likeness (QED) is 0.0264. The highest BCUT2D eigenvalue weighted by Crippen LogP contribution is 2.43. The summed E-state index contributed by atoms with van der Waals surface area (Å²) < 4.78 is 33.1. The summed E-state index contributed by atoms with van der Waals surface area (Å²) in [5.41, 5.74) is 5.38. The number of unbranched alkanes of at least 4 members (excludes halogenated alkanes) is 38. The van der Waals surface area contributed by atoms with Gasteiger partial charge in [-0.2, -0.15) is 0 Å². The Labute approximate surface area is 433 Å². The Bertz CT molecular complexity index is 1240. The molecule has 3 N–H and O–H groups in total. The Balaban J connectivity index is 3.92. The first-order valence-electron chi connectivity index (χ1n) is 30.0. The molecule has 0 spiro atoms. The standard InChI is InChI=1S/C60H114NO8P/c1-3-5-7-9-11-13-15-17-19-21-23-25-26-27-28-29-30-31-32-33-35-37-39-41-43-45-47-49-51-53-60(63)69-58(57-68-70(64,65)67-55-54-61)56-66-59(62)52-50-48-46-44-42-40-38-36-34-24-22-20-18-16-14-12-10-8-6-4-2/h15,17,21,23,26-27,58H,3-14,16,18-20,22,24-25,28-57,61H2,1-2H3,(H,64,65)/b17-15-,23-21-,27-26-. The fraction of sp³-hybridized carbons (Fsp3) is 0.867. The van der Waals surface area contributed by atoms with Crippen LogP contribution in [0.25, 0.3) is 0 Å². The number of rotatable bonds is 57. The Hall–Kier alpha value is -1.77. The molecule has 0 bridgehead atoms. The van der Waals surface area contributed by atoms with Crippen molar-refractivity contribution >= 4 is 19.8 Å². The predicted octanol–water partition coefficient (Wildman–Crippen LogP) is 18.8. The molecule has 2 unspecified atom stereocenters. The molecular weight excluding hydrogens is 894 g/mol. The van der Waals surface area contributed by atoms with E-state index in [0.717, 1.165) is 51.4 Å². The summed E-state index contributed by atoms with van der Waals surface area (Å²) >= 11 is 0. The second kappa shape index (κ2) is 56.5. The third-order valence-electron chi connectivity index (χ3n) is 13.3. The number of nitrogens with two attached hydrogens (primary N) is 1. The summed E-state index contributed by atoms with van der Waals surface area (Å²) in [7, 11) is -4.38. The van der Waals surface area contributed by atoms with Crippen LogP contribution in [0.4, 0.5) is 0 Å². The maximum absolute atomic E-state index is 12.7. The van der Waals surface area contributed by atoms with E-state index in [1.54, 1.807) is 0 Å². The van der Waals surface area contributed by atoms with Crippen LogP contribution >= 0.6 is 7.82 Å². The van der Waals surface area contributed by atoms with Gasteiger partial charge < -0.3 is 20.1 Å². The Kier molecular flexibility index (Phi) is 55.1. The van der Waals surface area contributed by atoms with Crippen molar-refractivity contribution in [2.75, 3.05) is 26.4 Å². The molecular formula is C60H114NO8P. The molecule has 0 heterocycles. The second-order valence-electron chi connectivity index (χ2n) is 20.2. The molecule has 0 aromatic heterocycles. The zero-order valence-electron chi connectivity index (χ0n) is 46.0. The van der Waals surface area contributed by atoms with Gasteiger partial charge in [-0.1, -0.05) is 275 Å². The van der Waals surface area contributed by atoms with Crippen LogP contribution in [0.3, 0.4) is 0 Å². The number of carbonyl (C=O) groups is 2. The molecule has 0 aromatic carbocycles. The fourth-order valence-electron chi connectivity index (χ4n) is 8.82. The molecule has 9 nitrogen and oxygen atoms in total. The summed E-state index contributed by atoms with van der Waals surface area (Å²) in [6, 6.07) is 0. The summed E-state index contributed by atoms with van der Waals surface area (Å²) in [6.07, 6.45) is 67.7. The smallest absolute Gasteiger partial charge is 0.462 e. The summed E-state index contributed by atoms with van der Waals surface area (Å²) in [5.74, 6) is -0.812. The lowest BCUT2D eigenvalue weighted by atomic mass is 10.0. The van der Waals surface area contributed by atoms with Crippen LogP contribution in [0, 0.1) is 0 Å². The van der Waals surface area contributed by atoms with Crippen molar-refractivity contribution in [3.8, 4) is 0 Å². The molecule has 70 heavy (non-hydrogen) atoms. The molecule has 0 aliphatic carbocycles. The zero-order chi connectivity index (χ0) is 51.0. The van der Waals surface area contributed by atoms with E-state index in [1.807, 2.05) is 0 Å². The van der Waals surface area contributed by atoms with Crippen molar-refractivity contribution in [1.29, 1.82) is 0 Å². The van der Waals surface area contributed by atoms with Gasteiger partial charge in [0.15, 0.2) is 6.10 Å². The van der Waals surface area contributed by atoms with Gasteiger partial charge in [-0.05, 0) is 51.4 Å². The van der Waals surface area contributed by atoms with Gasteiger partial charge in [-0.25, -0.2) is 4.57 Å². The minimum atomic E-state index is -4.38. The lowest BCUT2D eigenvalue weighted by molar-refractivity contribution is -0.161. The molecule has 0 aliphatic heterocycles. The Morgan fingerprint density at radius 1 is 0.429 bits per heavy atom. The monoisotopic (exact) mass is 1010 g/mol. The number of ether oxygens (including phenoxy) is 2. The molecule has 0 radical (unpaired) electrons. The van der Waals surface area contributed by atoms with Gasteiger partial charge in [0.2, 0.25) is 0 Å². The van der Waals surface area contributed by atoms with E-state index in [4.69, 9.17) is 24.3 Å². The number of phosphoric ester groups is 1. The van der Waals surface area contributed by atoms with Crippen molar-refractivity contribution < 1.29 is 37.6 Å². The first kappa shape index (κ1) is 68.2. The third kappa shape index (κ3) is 55.5. The van der Waals surface area contributed by atoms with E-state index in [1.165, 1.54) is 218 Å². The van der Waals surface area contributed by atoms with Gasteiger partial charge in [0.05, 0.1) is 13.2 Å². The molecule has 0 aliphatic rings. The first-order valence-corrected chi connectivity index (χ1v) is 31.5. The van der Waals surface area contributed by atoms with Gasteiger partial charge in [-0.15, -0.1) is 0 Å². The molecule has 0 amide bonds. The van der Waals surface area contributed by atoms with Crippen LogP contribution in [-0.4, -0.2) is 49.3 Å². The molecule has 0 rings (SSSR count). The van der Waals surface area contributed by atoms with E-state index in [9.17, 15) is 19.0 Å². The second-order valence-corrected chi connectivity index (χ2v) is 21.7. The lowest BCUT2D eigenvalue weighted by Gasteiger charge is -2.19.